The third kappa shape index (κ3) is 16.6. The van der Waals surface area contributed by atoms with Crippen LogP contribution >= 0.6 is 27.3 Å². The van der Waals surface area contributed by atoms with Gasteiger partial charge in [0.2, 0.25) is 0 Å². The third-order valence-electron chi connectivity index (χ3n) is 9.20. The topological polar surface area (TPSA) is 333 Å². The van der Waals surface area contributed by atoms with Crippen LogP contribution in [0.4, 0.5) is 15.9 Å². The summed E-state index contributed by atoms with van der Waals surface area (Å²) in [6.07, 6.45) is 11.1. The van der Waals surface area contributed by atoms with Gasteiger partial charge in [0, 0.05) is 86.5 Å². The SMILES string of the molecule is CN1CCN(C2CCC(n3cc(-c4ccc(NS(=O)(=O)c5ccc(Br)s5)c(F)c4)c4c(N)ncnc43)CC2)CC1.O=C(O)/C=C\C(=O)O.O=C(O)/C=C\C(=O)O.O=C(O)/C=C\C(=O)O. The standard InChI is InChI=1S/C27H31BrFN7O2S2.3C4H4O4/c1-34-10-12-35(13-11-34)18-3-5-19(6-4-18)36-15-20(25-26(30)31-16-32-27(25)36)17-2-7-22(21(29)14-17)33-40(37,38)24-9-8-23(28)39-24;3*5-3(6)1-2-4(7)8/h2,7-9,14-16,18-19,33H,3-6,10-13H2,1H3,(H2,30,31,32);3*1-2H,(H,5,6)(H,7,8)/b;3*2-1-. The Kier molecular flexibility index (Phi) is 19.7. The van der Waals surface area contributed by atoms with Crippen molar-refractivity contribution in [1.82, 2.24) is 24.3 Å². The van der Waals surface area contributed by atoms with E-state index in [1.807, 2.05) is 6.20 Å². The lowest BCUT2D eigenvalue weighted by Gasteiger charge is -2.41. The van der Waals surface area contributed by atoms with E-state index in [2.05, 4.69) is 52.0 Å². The molecule has 25 heteroatoms. The predicted molar refractivity (Wildman–Crippen MR) is 234 cm³/mol. The number of rotatable bonds is 12. The van der Waals surface area contributed by atoms with E-state index in [1.54, 1.807) is 12.1 Å². The highest BCUT2D eigenvalue weighted by Gasteiger charge is 2.30. The van der Waals surface area contributed by atoms with E-state index in [-0.39, 0.29) is 15.9 Å². The second-order valence-corrected chi connectivity index (χ2v) is 18.0. The van der Waals surface area contributed by atoms with Crippen molar-refractivity contribution in [2.45, 2.75) is 42.0 Å². The summed E-state index contributed by atoms with van der Waals surface area (Å²) in [5.41, 5.74) is 8.24. The molecule has 0 unspecified atom stereocenters. The quantitative estimate of drug-likeness (QED) is 0.0917. The molecular weight excluding hydrogens is 953 g/mol. The van der Waals surface area contributed by atoms with Gasteiger partial charge in [0.05, 0.1) is 14.9 Å². The van der Waals surface area contributed by atoms with Gasteiger partial charge in [-0.15, -0.1) is 11.3 Å². The number of likely N-dealkylation sites (N-methyl/N-ethyl adjacent to an activating group) is 1. The van der Waals surface area contributed by atoms with Crippen molar-refractivity contribution in [3.63, 3.8) is 0 Å². The van der Waals surface area contributed by atoms with Gasteiger partial charge >= 0.3 is 35.8 Å². The molecule has 0 bridgehead atoms. The van der Waals surface area contributed by atoms with Gasteiger partial charge in [0.1, 0.15) is 27.8 Å². The molecule has 2 aliphatic rings. The predicted octanol–water partition coefficient (Wildman–Crippen LogP) is 4.31. The first-order valence-electron chi connectivity index (χ1n) is 18.6. The van der Waals surface area contributed by atoms with Crippen LogP contribution in [0.15, 0.2) is 87.3 Å². The third-order valence-corrected chi connectivity index (χ3v) is 12.7. The fourth-order valence-corrected chi connectivity index (χ4v) is 9.40. The number of nitrogens with two attached hydrogens (primary N) is 1. The number of hydrogen-bond acceptors (Lipinski definition) is 14. The molecule has 2 fully saturated rings. The first-order valence-corrected chi connectivity index (χ1v) is 21.7. The van der Waals surface area contributed by atoms with Gasteiger partial charge in [-0.3, -0.25) is 9.62 Å². The number of carboxylic acids is 6. The van der Waals surface area contributed by atoms with Crippen LogP contribution in [0.3, 0.4) is 0 Å². The van der Waals surface area contributed by atoms with Crippen LogP contribution in [-0.4, -0.2) is 138 Å². The van der Waals surface area contributed by atoms with Gasteiger partial charge in [-0.2, -0.15) is 0 Å². The van der Waals surface area contributed by atoms with Crippen LogP contribution in [-0.2, 0) is 38.8 Å². The van der Waals surface area contributed by atoms with Gasteiger partial charge < -0.3 is 45.8 Å². The molecule has 0 amide bonds. The number of nitrogens with one attached hydrogen (secondary N) is 1. The summed E-state index contributed by atoms with van der Waals surface area (Å²) < 4.78 is 46.0. The number of thiophene rings is 1. The number of anilines is 2. The Balaban J connectivity index is 0.000000371. The zero-order chi connectivity index (χ0) is 47.7. The highest BCUT2D eigenvalue weighted by atomic mass is 79.9. The Hall–Kier alpha value is -6.54. The lowest BCUT2D eigenvalue weighted by molar-refractivity contribution is -0.134. The van der Waals surface area contributed by atoms with Gasteiger partial charge in [-0.1, -0.05) is 6.07 Å². The number of piperazine rings is 1. The summed E-state index contributed by atoms with van der Waals surface area (Å²) >= 11 is 4.32. The number of sulfonamides is 1. The second-order valence-electron chi connectivity index (χ2n) is 13.6. The number of carbonyl (C=O) groups is 6. The van der Waals surface area contributed by atoms with E-state index in [0.717, 1.165) is 74.4 Å². The highest BCUT2D eigenvalue weighted by Crippen LogP contribution is 2.40. The Morgan fingerprint density at radius 3 is 1.69 bits per heavy atom. The van der Waals surface area contributed by atoms with Gasteiger partial charge in [-0.25, -0.2) is 51.5 Å². The number of benzene rings is 1. The largest absolute Gasteiger partial charge is 0.478 e. The maximum Gasteiger partial charge on any atom is 0.328 e. The molecule has 9 N–H and O–H groups in total. The van der Waals surface area contributed by atoms with Crippen LogP contribution < -0.4 is 10.5 Å². The fourth-order valence-electron chi connectivity index (χ4n) is 6.32. The summed E-state index contributed by atoms with van der Waals surface area (Å²) in [5.74, 6) is -7.89. The second kappa shape index (κ2) is 24.3. The zero-order valence-corrected chi connectivity index (χ0v) is 36.9. The molecule has 4 aromatic rings. The van der Waals surface area contributed by atoms with Gasteiger partial charge in [0.15, 0.2) is 0 Å². The molecule has 1 aromatic carbocycles. The number of hydrogen-bond donors (Lipinski definition) is 8. The summed E-state index contributed by atoms with van der Waals surface area (Å²) in [6, 6.07) is 8.44. The molecule has 3 aromatic heterocycles. The monoisotopic (exact) mass is 995 g/mol. The maximum absolute atomic E-state index is 15.3. The summed E-state index contributed by atoms with van der Waals surface area (Å²) in [4.78, 5) is 71.1. The van der Waals surface area contributed by atoms with Crippen molar-refractivity contribution in [3.8, 4) is 11.1 Å². The number of fused-ring (bicyclic) bond motifs is 1. The van der Waals surface area contributed by atoms with Gasteiger partial charge in [-0.05, 0) is 78.5 Å². The number of halogens is 2. The molecule has 6 rings (SSSR count). The Morgan fingerprint density at radius 1 is 0.766 bits per heavy atom. The van der Waals surface area contributed by atoms with Crippen molar-refractivity contribution in [2.24, 2.45) is 0 Å². The Bertz CT molecular complexity index is 2400. The highest BCUT2D eigenvalue weighted by molar-refractivity contribution is 9.11. The van der Waals surface area contributed by atoms with Crippen LogP contribution in [0.25, 0.3) is 22.2 Å². The molecule has 0 spiro atoms. The lowest BCUT2D eigenvalue weighted by Crippen LogP contribution is -2.49. The average Bonchev–Trinajstić information content (AvgIpc) is 3.86. The lowest BCUT2D eigenvalue weighted by atomic mass is 9.89. The van der Waals surface area contributed by atoms with Crippen LogP contribution in [0.1, 0.15) is 31.7 Å². The molecule has 344 valence electrons. The van der Waals surface area contributed by atoms with Crippen molar-refractivity contribution in [2.75, 3.05) is 43.7 Å². The van der Waals surface area contributed by atoms with Crippen molar-refractivity contribution < 1.29 is 72.2 Å². The number of aliphatic carboxylic acids is 6. The van der Waals surface area contributed by atoms with E-state index >= 15 is 4.39 Å². The Labute approximate surface area is 376 Å². The number of carboxylic acid groups (broad SMARTS) is 6. The smallest absolute Gasteiger partial charge is 0.328 e. The average molecular weight is 997 g/mol. The fraction of sp³-hybridized carbons (Fsp3) is 0.282. The molecule has 21 nitrogen and oxygen atoms in total. The number of aromatic nitrogens is 3. The minimum absolute atomic E-state index is 0.0955. The van der Waals surface area contributed by atoms with Crippen LogP contribution in [0, 0.1) is 5.82 Å². The van der Waals surface area contributed by atoms with E-state index < -0.39 is 51.7 Å². The first-order chi connectivity index (χ1) is 30.1. The maximum atomic E-state index is 15.3. The molecule has 64 heavy (non-hydrogen) atoms. The van der Waals surface area contributed by atoms with Crippen LogP contribution in [0.2, 0.25) is 0 Å². The van der Waals surface area contributed by atoms with E-state index in [4.69, 9.17) is 36.4 Å². The van der Waals surface area contributed by atoms with E-state index in [0.29, 0.717) is 63.1 Å². The summed E-state index contributed by atoms with van der Waals surface area (Å²) in [5, 5.41) is 47.6. The van der Waals surface area contributed by atoms with E-state index in [1.165, 1.54) is 24.5 Å². The van der Waals surface area contributed by atoms with E-state index in [9.17, 15) is 37.2 Å². The molecule has 0 atom stereocenters. The molecule has 4 heterocycles. The zero-order valence-electron chi connectivity index (χ0n) is 33.7. The molecule has 1 saturated heterocycles. The summed E-state index contributed by atoms with van der Waals surface area (Å²) in [6.45, 7) is 4.47. The van der Waals surface area contributed by atoms with Crippen molar-refractivity contribution in [3.05, 3.63) is 88.9 Å². The molecule has 1 aliphatic carbocycles. The first kappa shape index (κ1) is 51.8. The molecule has 1 saturated carbocycles. The minimum Gasteiger partial charge on any atom is -0.478 e. The van der Waals surface area contributed by atoms with Gasteiger partial charge in [0.25, 0.3) is 10.0 Å². The molecule has 1 aliphatic heterocycles. The van der Waals surface area contributed by atoms with Crippen molar-refractivity contribution >= 4 is 95.6 Å². The van der Waals surface area contributed by atoms with Crippen molar-refractivity contribution in [1.29, 1.82) is 0 Å². The Morgan fingerprint density at radius 2 is 1.25 bits per heavy atom. The number of nitrogen functional groups attached to an aromatic ring is 1. The van der Waals surface area contributed by atoms with Crippen LogP contribution in [0.5, 0.6) is 0 Å². The number of nitrogens with zero attached hydrogens (tertiary/aromatic N) is 5. The summed E-state index contributed by atoms with van der Waals surface area (Å²) in [7, 11) is -1.73. The normalized spacial score (nSPS) is 16.8. The molecular formula is C39H43BrFN7O14S2. The molecule has 0 radical (unpaired) electrons. The minimum atomic E-state index is -3.91.